The molecule has 1 fully saturated rings. The Labute approximate surface area is 163 Å². The summed E-state index contributed by atoms with van der Waals surface area (Å²) in [5.74, 6) is -0.278. The molecular weight excluding hydrogens is 475 g/mol. The number of benzene rings is 2. The van der Waals surface area contributed by atoms with Gasteiger partial charge < -0.3 is 0 Å². The second-order valence-corrected chi connectivity index (χ2v) is 9.46. The van der Waals surface area contributed by atoms with E-state index in [1.165, 1.54) is 16.4 Å². The molecule has 2 aromatic rings. The highest BCUT2D eigenvalue weighted by atomic mass is 79.9. The first-order valence-electron chi connectivity index (χ1n) is 7.79. The highest BCUT2D eigenvalue weighted by Crippen LogP contribution is 2.26. The third-order valence-electron chi connectivity index (χ3n) is 4.19. The lowest BCUT2D eigenvalue weighted by molar-refractivity contribution is 0.181. The van der Waals surface area contributed by atoms with Crippen LogP contribution in [0, 0.1) is 5.82 Å². The fourth-order valence-corrected chi connectivity index (χ4v) is 5.67. The minimum atomic E-state index is -3.50. The number of hydrogen-bond acceptors (Lipinski definition) is 3. The van der Waals surface area contributed by atoms with E-state index in [4.69, 9.17) is 0 Å². The first kappa shape index (κ1) is 19.0. The van der Waals surface area contributed by atoms with Crippen LogP contribution in [0.1, 0.15) is 5.56 Å². The molecule has 0 atom stereocenters. The normalized spacial score (nSPS) is 16.9. The molecule has 0 saturated carbocycles. The molecular formula is C17H17Br2FN2O2S. The second-order valence-electron chi connectivity index (χ2n) is 5.85. The molecule has 0 radical (unpaired) electrons. The Hall–Kier alpha value is -0.800. The van der Waals surface area contributed by atoms with Gasteiger partial charge in [0.25, 0.3) is 0 Å². The van der Waals surface area contributed by atoms with Gasteiger partial charge in [-0.1, -0.05) is 34.1 Å². The van der Waals surface area contributed by atoms with Crippen LogP contribution < -0.4 is 0 Å². The summed E-state index contributed by atoms with van der Waals surface area (Å²) in [5, 5.41) is 0. The van der Waals surface area contributed by atoms with Crippen molar-refractivity contribution in [1.82, 2.24) is 9.21 Å². The van der Waals surface area contributed by atoms with Crippen molar-refractivity contribution in [2.24, 2.45) is 0 Å². The van der Waals surface area contributed by atoms with Gasteiger partial charge in [-0.15, -0.1) is 0 Å². The van der Waals surface area contributed by atoms with Crippen molar-refractivity contribution in [1.29, 1.82) is 0 Å². The molecule has 1 aliphatic rings. The van der Waals surface area contributed by atoms with Crippen molar-refractivity contribution >= 4 is 41.9 Å². The first-order valence-corrected chi connectivity index (χ1v) is 10.8. The SMILES string of the molecule is O=S(=O)(c1ccccc1Br)N1CCN(Cc2ccc(F)cc2Br)CC1. The Morgan fingerprint density at radius 3 is 2.28 bits per heavy atom. The topological polar surface area (TPSA) is 40.6 Å². The van der Waals surface area contributed by atoms with Gasteiger partial charge in [-0.25, -0.2) is 12.8 Å². The van der Waals surface area contributed by atoms with E-state index < -0.39 is 10.0 Å². The standard InChI is InChI=1S/C17H17Br2FN2O2S/c18-15-3-1-2-4-17(15)25(23,24)22-9-7-21(8-10-22)12-13-5-6-14(20)11-16(13)19/h1-6,11H,7-10,12H2. The summed E-state index contributed by atoms with van der Waals surface area (Å²) in [6, 6.07) is 11.5. The van der Waals surface area contributed by atoms with Crippen LogP contribution in [0.25, 0.3) is 0 Å². The van der Waals surface area contributed by atoms with Gasteiger partial charge in [0.1, 0.15) is 5.82 Å². The lowest BCUT2D eigenvalue weighted by atomic mass is 10.2. The summed E-state index contributed by atoms with van der Waals surface area (Å²) in [4.78, 5) is 2.47. The van der Waals surface area contributed by atoms with Crippen LogP contribution in [0.4, 0.5) is 4.39 Å². The molecule has 1 aliphatic heterocycles. The molecule has 0 unspecified atom stereocenters. The van der Waals surface area contributed by atoms with Gasteiger partial charge in [-0.3, -0.25) is 4.90 Å². The van der Waals surface area contributed by atoms with E-state index in [-0.39, 0.29) is 5.82 Å². The van der Waals surface area contributed by atoms with Gasteiger partial charge in [0, 0.05) is 41.7 Å². The van der Waals surface area contributed by atoms with Crippen LogP contribution in [-0.4, -0.2) is 43.8 Å². The summed E-state index contributed by atoms with van der Waals surface area (Å²) in [7, 11) is -3.50. The molecule has 0 amide bonds. The van der Waals surface area contributed by atoms with E-state index in [2.05, 4.69) is 36.8 Å². The Morgan fingerprint density at radius 1 is 0.960 bits per heavy atom. The highest BCUT2D eigenvalue weighted by molar-refractivity contribution is 9.10. The monoisotopic (exact) mass is 490 g/mol. The van der Waals surface area contributed by atoms with Gasteiger partial charge in [0.05, 0.1) is 4.90 Å². The van der Waals surface area contributed by atoms with Crippen molar-refractivity contribution in [2.75, 3.05) is 26.2 Å². The van der Waals surface area contributed by atoms with Crippen molar-refractivity contribution in [3.8, 4) is 0 Å². The van der Waals surface area contributed by atoms with Crippen LogP contribution in [0.3, 0.4) is 0 Å². The Bertz CT molecular complexity index is 869. The molecule has 1 heterocycles. The largest absolute Gasteiger partial charge is 0.296 e. The molecule has 25 heavy (non-hydrogen) atoms. The predicted molar refractivity (Wildman–Crippen MR) is 102 cm³/mol. The van der Waals surface area contributed by atoms with Crippen LogP contribution in [0.5, 0.6) is 0 Å². The van der Waals surface area contributed by atoms with Crippen LogP contribution in [0.2, 0.25) is 0 Å². The number of nitrogens with zero attached hydrogens (tertiary/aromatic N) is 2. The maximum absolute atomic E-state index is 13.2. The third kappa shape index (κ3) is 4.31. The van der Waals surface area contributed by atoms with Crippen molar-refractivity contribution in [3.63, 3.8) is 0 Å². The van der Waals surface area contributed by atoms with Gasteiger partial charge in [0.2, 0.25) is 10.0 Å². The molecule has 8 heteroatoms. The van der Waals surface area contributed by atoms with Gasteiger partial charge in [-0.2, -0.15) is 4.31 Å². The molecule has 1 saturated heterocycles. The van der Waals surface area contributed by atoms with Crippen molar-refractivity contribution in [3.05, 3.63) is 62.8 Å². The van der Waals surface area contributed by atoms with E-state index in [0.29, 0.717) is 42.1 Å². The number of halogens is 3. The van der Waals surface area contributed by atoms with Gasteiger partial charge in [0.15, 0.2) is 0 Å². The first-order chi connectivity index (χ1) is 11.9. The van der Waals surface area contributed by atoms with E-state index in [0.717, 1.165) is 10.0 Å². The van der Waals surface area contributed by atoms with Gasteiger partial charge >= 0.3 is 0 Å². The van der Waals surface area contributed by atoms with E-state index in [9.17, 15) is 12.8 Å². The Kier molecular flexibility index (Phi) is 5.95. The zero-order valence-electron chi connectivity index (χ0n) is 13.3. The maximum Gasteiger partial charge on any atom is 0.244 e. The molecule has 0 N–H and O–H groups in total. The summed E-state index contributed by atoms with van der Waals surface area (Å²) < 4.78 is 41.6. The fraction of sp³-hybridized carbons (Fsp3) is 0.294. The van der Waals surface area contributed by atoms with E-state index in [1.54, 1.807) is 30.3 Å². The zero-order chi connectivity index (χ0) is 18.0. The molecule has 0 aromatic heterocycles. The van der Waals surface area contributed by atoms with Crippen molar-refractivity contribution < 1.29 is 12.8 Å². The second kappa shape index (κ2) is 7.84. The fourth-order valence-electron chi connectivity index (χ4n) is 2.81. The van der Waals surface area contributed by atoms with E-state index in [1.807, 2.05) is 0 Å². The summed E-state index contributed by atoms with van der Waals surface area (Å²) in [5.41, 5.74) is 0.989. The number of sulfonamides is 1. The average Bonchev–Trinajstić information content (AvgIpc) is 2.58. The highest BCUT2D eigenvalue weighted by Gasteiger charge is 2.29. The maximum atomic E-state index is 13.2. The lowest BCUT2D eigenvalue weighted by Crippen LogP contribution is -2.48. The molecule has 2 aromatic carbocycles. The predicted octanol–water partition coefficient (Wildman–Crippen LogP) is 3.86. The lowest BCUT2D eigenvalue weighted by Gasteiger charge is -2.34. The number of rotatable bonds is 4. The molecule has 134 valence electrons. The molecule has 0 bridgehead atoms. The Balaban J connectivity index is 1.66. The summed E-state index contributed by atoms with van der Waals surface area (Å²) in [6.45, 7) is 2.79. The number of hydrogen-bond donors (Lipinski definition) is 0. The summed E-state index contributed by atoms with van der Waals surface area (Å²) in [6.07, 6.45) is 0. The quantitative estimate of drug-likeness (QED) is 0.652. The Morgan fingerprint density at radius 2 is 1.64 bits per heavy atom. The molecule has 3 rings (SSSR count). The summed E-state index contributed by atoms with van der Waals surface area (Å²) >= 11 is 6.69. The zero-order valence-corrected chi connectivity index (χ0v) is 17.3. The molecule has 0 aliphatic carbocycles. The molecule has 0 spiro atoms. The molecule has 4 nitrogen and oxygen atoms in total. The average molecular weight is 492 g/mol. The number of piperazine rings is 1. The van der Waals surface area contributed by atoms with Crippen molar-refractivity contribution in [2.45, 2.75) is 11.4 Å². The third-order valence-corrected chi connectivity index (χ3v) is 7.84. The van der Waals surface area contributed by atoms with Gasteiger partial charge in [-0.05, 0) is 45.8 Å². The van der Waals surface area contributed by atoms with E-state index >= 15 is 0 Å². The minimum Gasteiger partial charge on any atom is -0.296 e. The smallest absolute Gasteiger partial charge is 0.244 e. The minimum absolute atomic E-state index is 0.278. The van der Waals surface area contributed by atoms with Crippen LogP contribution in [0.15, 0.2) is 56.3 Å². The van der Waals surface area contributed by atoms with Crippen LogP contribution in [-0.2, 0) is 16.6 Å². The van der Waals surface area contributed by atoms with Crippen LogP contribution >= 0.6 is 31.9 Å².